The predicted octanol–water partition coefficient (Wildman–Crippen LogP) is 5.63. The van der Waals surface area contributed by atoms with Gasteiger partial charge in [-0.05, 0) is 74.0 Å². The van der Waals surface area contributed by atoms with E-state index < -0.39 is 53.4 Å². The number of nitrogens with two attached hydrogens (primary N) is 1. The summed E-state index contributed by atoms with van der Waals surface area (Å²) in [5.41, 5.74) is 5.88. The molecule has 0 saturated carbocycles. The molecule has 1 aliphatic rings. The number of rotatable bonds is 8. The van der Waals surface area contributed by atoms with Gasteiger partial charge in [0, 0.05) is 18.2 Å². The number of hydrogen-bond acceptors (Lipinski definition) is 6. The van der Waals surface area contributed by atoms with E-state index >= 15 is 0 Å². The molecule has 244 valence electrons. The zero-order valence-corrected chi connectivity index (χ0v) is 25.4. The summed E-state index contributed by atoms with van der Waals surface area (Å²) in [4.78, 5) is 42.1. The van der Waals surface area contributed by atoms with Crippen LogP contribution in [0.5, 0.6) is 0 Å². The number of fused-ring (bicyclic) bond motifs is 2. The largest absolute Gasteiger partial charge is 0.419 e. The van der Waals surface area contributed by atoms with Crippen LogP contribution in [0.15, 0.2) is 42.6 Å². The van der Waals surface area contributed by atoms with Gasteiger partial charge in [-0.2, -0.15) is 18.3 Å². The van der Waals surface area contributed by atoms with Crippen LogP contribution in [0.1, 0.15) is 98.3 Å². The Morgan fingerprint density at radius 3 is 2.43 bits per heavy atom. The smallest absolute Gasteiger partial charge is 0.347 e. The highest BCUT2D eigenvalue weighted by atomic mass is 19.4. The van der Waals surface area contributed by atoms with Gasteiger partial charge in [0.25, 0.3) is 11.8 Å². The van der Waals surface area contributed by atoms with Gasteiger partial charge in [0.1, 0.15) is 17.2 Å². The topological polar surface area (TPSA) is 131 Å². The van der Waals surface area contributed by atoms with Gasteiger partial charge in [0.2, 0.25) is 0 Å². The Morgan fingerprint density at radius 1 is 1.07 bits per heavy atom. The Bertz CT molecular complexity index is 1780. The number of carbonyl (C=O) groups excluding carboxylic acids is 3. The molecule has 5 rings (SSSR count). The molecule has 4 aromatic rings. The lowest BCUT2D eigenvalue weighted by Crippen LogP contribution is -2.30. The number of unbranched alkanes of at least 4 members (excludes halogenated alkanes) is 1. The van der Waals surface area contributed by atoms with Gasteiger partial charge in [-0.3, -0.25) is 14.4 Å². The maximum Gasteiger partial charge on any atom is 0.419 e. The van der Waals surface area contributed by atoms with E-state index in [2.05, 4.69) is 27.6 Å². The van der Waals surface area contributed by atoms with Gasteiger partial charge in [-0.1, -0.05) is 31.5 Å². The molecule has 1 aliphatic carbocycles. The molecule has 4 N–H and O–H groups in total. The molecule has 0 radical (unpaired) electrons. The maximum absolute atomic E-state index is 14.4. The second kappa shape index (κ2) is 14.1. The minimum absolute atomic E-state index is 0.0372. The number of benzene rings is 2. The Balaban J connectivity index is 0.000000892. The highest BCUT2D eigenvalue weighted by molar-refractivity contribution is 5.99. The first-order chi connectivity index (χ1) is 21.8. The molecule has 9 nitrogen and oxygen atoms in total. The molecule has 2 aromatic heterocycles. The standard InChI is InChI=1S/C28H22F5N5O3.C4H11N/c1-13-16(14(2)39)4-5-18-17(13)6-8-22(18)37-27(41)24-10-23(36-25-21(30)12-35-38(24)25)26(40)34-11-15-3-7-20(29)19(9-15)28(31,32)33;1-2-3-4-5/h3-5,7,9-10,12,22H,6,8,11H2,1-2H3,(H,34,40)(H,37,41);2-5H2,1H3/t22-;/m0./s1. The van der Waals surface area contributed by atoms with E-state index in [1.807, 2.05) is 6.92 Å². The fourth-order valence-electron chi connectivity index (χ4n) is 5.23. The van der Waals surface area contributed by atoms with Crippen LogP contribution in [-0.2, 0) is 19.1 Å². The monoisotopic (exact) mass is 644 g/mol. The van der Waals surface area contributed by atoms with Crippen molar-refractivity contribution in [2.75, 3.05) is 6.54 Å². The minimum atomic E-state index is -4.92. The van der Waals surface area contributed by atoms with Gasteiger partial charge in [-0.15, -0.1) is 0 Å². The summed E-state index contributed by atoms with van der Waals surface area (Å²) in [6.45, 7) is 5.88. The molecule has 0 spiro atoms. The molecule has 1 atom stereocenters. The van der Waals surface area contributed by atoms with Gasteiger partial charge >= 0.3 is 6.18 Å². The molecule has 2 heterocycles. The number of ketones is 1. The number of alkyl halides is 3. The molecule has 2 aromatic carbocycles. The van der Waals surface area contributed by atoms with Crippen LogP contribution in [0.25, 0.3) is 5.65 Å². The lowest BCUT2D eigenvalue weighted by atomic mass is 9.96. The summed E-state index contributed by atoms with van der Waals surface area (Å²) >= 11 is 0. The second-order valence-electron chi connectivity index (χ2n) is 10.8. The van der Waals surface area contributed by atoms with Crippen molar-refractivity contribution in [3.8, 4) is 0 Å². The summed E-state index contributed by atoms with van der Waals surface area (Å²) in [5.74, 6) is -4.00. The molecule has 14 heteroatoms. The lowest BCUT2D eigenvalue weighted by molar-refractivity contribution is -0.140. The van der Waals surface area contributed by atoms with Gasteiger partial charge in [-0.25, -0.2) is 18.3 Å². The van der Waals surface area contributed by atoms with Crippen molar-refractivity contribution in [3.63, 3.8) is 0 Å². The highest BCUT2D eigenvalue weighted by Gasteiger charge is 2.34. The molecule has 2 amide bonds. The number of Topliss-reactive ketones (excluding diaryl/α,β-unsaturated/α-hetero) is 1. The molecular formula is C32H33F5N6O3. The van der Waals surface area contributed by atoms with Crippen molar-refractivity contribution >= 4 is 23.2 Å². The summed E-state index contributed by atoms with van der Waals surface area (Å²) in [6.07, 6.45) is -0.531. The Hall–Kier alpha value is -4.72. The molecule has 0 aliphatic heterocycles. The number of halogens is 5. The first kappa shape index (κ1) is 34.2. The van der Waals surface area contributed by atoms with Crippen molar-refractivity contribution in [3.05, 3.63) is 99.0 Å². The Kier molecular flexibility index (Phi) is 10.5. The predicted molar refractivity (Wildman–Crippen MR) is 159 cm³/mol. The van der Waals surface area contributed by atoms with Crippen molar-refractivity contribution < 1.29 is 36.3 Å². The van der Waals surface area contributed by atoms with E-state index in [0.717, 1.165) is 46.1 Å². The molecule has 0 bridgehead atoms. The zero-order chi connectivity index (χ0) is 33.8. The number of nitrogens with one attached hydrogen (secondary N) is 2. The first-order valence-corrected chi connectivity index (χ1v) is 14.6. The number of nitrogens with zero attached hydrogens (tertiary/aromatic N) is 3. The van der Waals surface area contributed by atoms with Crippen LogP contribution in [0.4, 0.5) is 22.0 Å². The third-order valence-electron chi connectivity index (χ3n) is 7.62. The second-order valence-corrected chi connectivity index (χ2v) is 10.8. The van der Waals surface area contributed by atoms with Crippen molar-refractivity contribution in [1.82, 2.24) is 25.2 Å². The zero-order valence-electron chi connectivity index (χ0n) is 25.4. The fourth-order valence-corrected chi connectivity index (χ4v) is 5.23. The highest BCUT2D eigenvalue weighted by Crippen LogP contribution is 2.35. The van der Waals surface area contributed by atoms with E-state index in [1.165, 1.54) is 19.8 Å². The van der Waals surface area contributed by atoms with E-state index in [0.29, 0.717) is 30.5 Å². The van der Waals surface area contributed by atoms with Crippen molar-refractivity contribution in [2.24, 2.45) is 5.73 Å². The molecule has 46 heavy (non-hydrogen) atoms. The normalized spacial score (nSPS) is 14.0. The lowest BCUT2D eigenvalue weighted by Gasteiger charge is -2.16. The fraction of sp³-hybridized carbons (Fsp3) is 0.344. The molecular weight excluding hydrogens is 611 g/mol. The number of amides is 2. The van der Waals surface area contributed by atoms with Crippen molar-refractivity contribution in [2.45, 2.75) is 65.2 Å². The van der Waals surface area contributed by atoms with Crippen LogP contribution < -0.4 is 16.4 Å². The summed E-state index contributed by atoms with van der Waals surface area (Å²) in [6, 6.07) is 6.46. The number of carbonyl (C=O) groups is 3. The molecule has 0 unspecified atom stereocenters. The minimum Gasteiger partial charge on any atom is -0.347 e. The van der Waals surface area contributed by atoms with Crippen LogP contribution in [-0.4, -0.2) is 38.7 Å². The first-order valence-electron chi connectivity index (χ1n) is 14.6. The van der Waals surface area contributed by atoms with Crippen LogP contribution >= 0.6 is 0 Å². The number of hydrogen-bond donors (Lipinski definition) is 3. The number of aromatic nitrogens is 3. The van der Waals surface area contributed by atoms with E-state index in [4.69, 9.17) is 5.73 Å². The third-order valence-corrected chi connectivity index (χ3v) is 7.62. The SMILES string of the molecule is CC(=O)c1ccc2c(c1C)CC[C@@H]2NC(=O)c1cc(C(=O)NCc2ccc(F)c(C(F)(F)F)c2)nc2c(F)cnn12.CCCCN. The van der Waals surface area contributed by atoms with Crippen LogP contribution in [0.3, 0.4) is 0 Å². The molecule has 0 saturated heterocycles. The van der Waals surface area contributed by atoms with Crippen LogP contribution in [0.2, 0.25) is 0 Å². The summed E-state index contributed by atoms with van der Waals surface area (Å²) in [5, 5.41) is 9.07. The Morgan fingerprint density at radius 2 is 1.80 bits per heavy atom. The maximum atomic E-state index is 14.4. The van der Waals surface area contributed by atoms with E-state index in [1.54, 1.807) is 12.1 Å². The van der Waals surface area contributed by atoms with Gasteiger partial charge in [0.05, 0.1) is 17.8 Å². The average Bonchev–Trinajstić information content (AvgIpc) is 3.59. The van der Waals surface area contributed by atoms with E-state index in [-0.39, 0.29) is 22.7 Å². The Labute approximate surface area is 261 Å². The van der Waals surface area contributed by atoms with E-state index in [9.17, 15) is 36.3 Å². The van der Waals surface area contributed by atoms with Gasteiger partial charge < -0.3 is 16.4 Å². The average molecular weight is 645 g/mol. The van der Waals surface area contributed by atoms with Gasteiger partial charge in [0.15, 0.2) is 17.2 Å². The quantitative estimate of drug-likeness (QED) is 0.168. The molecule has 0 fully saturated rings. The third kappa shape index (κ3) is 7.39. The summed E-state index contributed by atoms with van der Waals surface area (Å²) in [7, 11) is 0. The summed E-state index contributed by atoms with van der Waals surface area (Å²) < 4.78 is 68.1. The van der Waals surface area contributed by atoms with Crippen molar-refractivity contribution in [1.29, 1.82) is 0 Å². The van der Waals surface area contributed by atoms with Crippen LogP contribution in [0, 0.1) is 18.6 Å².